The summed E-state index contributed by atoms with van der Waals surface area (Å²) < 4.78 is 0. The largest absolute Gasteiger partial charge is 0.378 e. The van der Waals surface area contributed by atoms with Crippen LogP contribution < -0.4 is 5.73 Å². The van der Waals surface area contributed by atoms with Crippen LogP contribution in [0.25, 0.3) is 17.0 Å². The van der Waals surface area contributed by atoms with Gasteiger partial charge in [-0.05, 0) is 35.5 Å². The van der Waals surface area contributed by atoms with E-state index in [4.69, 9.17) is 5.73 Å². The van der Waals surface area contributed by atoms with Gasteiger partial charge in [0, 0.05) is 11.6 Å². The molecule has 2 N–H and O–H groups in total. The minimum absolute atomic E-state index is 0.279. The molecule has 1 aliphatic heterocycles. The first-order valence-corrected chi connectivity index (χ1v) is 6.17. The van der Waals surface area contributed by atoms with E-state index in [2.05, 4.69) is 9.98 Å². The summed E-state index contributed by atoms with van der Waals surface area (Å²) in [6.45, 7) is 0. The molecule has 1 aromatic carbocycles. The third-order valence-electron chi connectivity index (χ3n) is 2.61. The number of aliphatic imine (C=N–C) groups is 1. The second-order valence-electron chi connectivity index (χ2n) is 3.78. The number of hydrogen-bond acceptors (Lipinski definition) is 4. The number of fused-ring (bicyclic) bond motifs is 1. The van der Waals surface area contributed by atoms with Gasteiger partial charge in [0.2, 0.25) is 0 Å². The lowest BCUT2D eigenvalue weighted by Gasteiger charge is -2.01. The number of amidine groups is 1. The minimum atomic E-state index is -0.279. The number of para-hydroxylation sites is 1. The van der Waals surface area contributed by atoms with Crippen LogP contribution in [0.1, 0.15) is 5.56 Å². The predicted molar refractivity (Wildman–Crippen MR) is 73.9 cm³/mol. The van der Waals surface area contributed by atoms with Crippen LogP contribution in [0.5, 0.6) is 0 Å². The summed E-state index contributed by atoms with van der Waals surface area (Å²) in [7, 11) is 0. The molecule has 88 valence electrons. The topological polar surface area (TPSA) is 68.3 Å². The maximum absolute atomic E-state index is 11.6. The van der Waals surface area contributed by atoms with Gasteiger partial charge in [0.25, 0.3) is 5.91 Å². The van der Waals surface area contributed by atoms with Crippen molar-refractivity contribution in [2.45, 2.75) is 0 Å². The number of nitrogens with two attached hydrogens (primary N) is 1. The number of amides is 1. The monoisotopic (exact) mass is 255 g/mol. The summed E-state index contributed by atoms with van der Waals surface area (Å²) in [5.41, 5.74) is 7.37. The second kappa shape index (κ2) is 4.27. The van der Waals surface area contributed by atoms with E-state index in [1.54, 1.807) is 12.3 Å². The molecule has 0 fully saturated rings. The smallest absolute Gasteiger partial charge is 0.286 e. The van der Waals surface area contributed by atoms with E-state index in [0.717, 1.165) is 16.5 Å². The quantitative estimate of drug-likeness (QED) is 0.793. The van der Waals surface area contributed by atoms with E-state index >= 15 is 0 Å². The van der Waals surface area contributed by atoms with E-state index in [-0.39, 0.29) is 5.91 Å². The Labute approximate surface area is 108 Å². The van der Waals surface area contributed by atoms with Crippen molar-refractivity contribution in [1.29, 1.82) is 0 Å². The molecule has 0 saturated heterocycles. The molecule has 18 heavy (non-hydrogen) atoms. The maximum atomic E-state index is 11.6. The average molecular weight is 255 g/mol. The first-order chi connectivity index (χ1) is 8.74. The Kier molecular flexibility index (Phi) is 2.60. The average Bonchev–Trinajstić information content (AvgIpc) is 2.68. The van der Waals surface area contributed by atoms with Crippen molar-refractivity contribution >= 4 is 39.8 Å². The lowest BCUT2D eigenvalue weighted by molar-refractivity contribution is -0.113. The Bertz CT molecular complexity index is 701. The molecule has 4 nitrogen and oxygen atoms in total. The summed E-state index contributed by atoms with van der Waals surface area (Å²) in [5, 5.41) is 1.30. The number of aromatic nitrogens is 1. The number of benzene rings is 1. The van der Waals surface area contributed by atoms with Crippen molar-refractivity contribution in [3.05, 3.63) is 47.0 Å². The van der Waals surface area contributed by atoms with Gasteiger partial charge in [-0.3, -0.25) is 9.78 Å². The summed E-state index contributed by atoms with van der Waals surface area (Å²) in [6, 6.07) is 9.66. The van der Waals surface area contributed by atoms with Crippen molar-refractivity contribution in [2.24, 2.45) is 10.7 Å². The molecule has 0 saturated carbocycles. The van der Waals surface area contributed by atoms with Crippen molar-refractivity contribution in [2.75, 3.05) is 0 Å². The number of pyridine rings is 1. The number of nitrogens with zero attached hydrogens (tertiary/aromatic N) is 2. The summed E-state index contributed by atoms with van der Waals surface area (Å²) in [5.74, 6) is -0.279. The molecule has 3 rings (SSSR count). The van der Waals surface area contributed by atoms with Crippen molar-refractivity contribution < 1.29 is 4.79 Å². The number of carbonyl (C=O) groups excluding carboxylic acids is 1. The Morgan fingerprint density at radius 1 is 1.22 bits per heavy atom. The summed E-state index contributed by atoms with van der Waals surface area (Å²) >= 11 is 1.20. The first kappa shape index (κ1) is 11.0. The highest BCUT2D eigenvalue weighted by Gasteiger charge is 2.19. The van der Waals surface area contributed by atoms with Gasteiger partial charge in [0.05, 0.1) is 10.4 Å². The number of rotatable bonds is 1. The molecule has 0 bridgehead atoms. The lowest BCUT2D eigenvalue weighted by Crippen LogP contribution is -2.01. The van der Waals surface area contributed by atoms with E-state index in [9.17, 15) is 4.79 Å². The molecule has 1 amide bonds. The van der Waals surface area contributed by atoms with Gasteiger partial charge in [0.1, 0.15) is 0 Å². The first-order valence-electron chi connectivity index (χ1n) is 5.36. The highest BCUT2D eigenvalue weighted by atomic mass is 32.2. The minimum Gasteiger partial charge on any atom is -0.378 e. The van der Waals surface area contributed by atoms with Crippen LogP contribution in [-0.2, 0) is 4.79 Å². The SMILES string of the molecule is NC1=NC(=O)C(=Cc2ccnc3ccccc23)S1. The molecule has 5 heteroatoms. The number of hydrogen-bond donors (Lipinski definition) is 1. The zero-order valence-electron chi connectivity index (χ0n) is 9.33. The molecule has 1 aliphatic rings. The third-order valence-corrected chi connectivity index (χ3v) is 3.42. The van der Waals surface area contributed by atoms with Crippen LogP contribution in [0.3, 0.4) is 0 Å². The fraction of sp³-hybridized carbons (Fsp3) is 0. The molecular weight excluding hydrogens is 246 g/mol. The Hall–Kier alpha value is -2.14. The van der Waals surface area contributed by atoms with Gasteiger partial charge in [-0.15, -0.1) is 0 Å². The van der Waals surface area contributed by atoms with Crippen LogP contribution in [0.15, 0.2) is 46.4 Å². The highest BCUT2D eigenvalue weighted by molar-refractivity contribution is 8.18. The normalized spacial score (nSPS) is 17.4. The molecule has 0 unspecified atom stereocenters. The Balaban J connectivity index is 2.11. The third kappa shape index (κ3) is 1.89. The van der Waals surface area contributed by atoms with E-state index in [1.165, 1.54) is 11.8 Å². The van der Waals surface area contributed by atoms with Crippen LogP contribution in [0, 0.1) is 0 Å². The summed E-state index contributed by atoms with van der Waals surface area (Å²) in [4.78, 5) is 20.1. The van der Waals surface area contributed by atoms with Gasteiger partial charge in [-0.2, -0.15) is 4.99 Å². The van der Waals surface area contributed by atoms with Gasteiger partial charge in [-0.1, -0.05) is 18.2 Å². The van der Waals surface area contributed by atoms with Crippen LogP contribution in [0.4, 0.5) is 0 Å². The van der Waals surface area contributed by atoms with Gasteiger partial charge < -0.3 is 5.73 Å². The molecule has 0 atom stereocenters. The number of thioether (sulfide) groups is 1. The van der Waals surface area contributed by atoms with Crippen molar-refractivity contribution in [3.63, 3.8) is 0 Å². The van der Waals surface area contributed by atoms with Crippen LogP contribution >= 0.6 is 11.8 Å². The maximum Gasteiger partial charge on any atom is 0.286 e. The fourth-order valence-corrected chi connectivity index (χ4v) is 2.48. The molecular formula is C13H9N3OS. The molecule has 2 aromatic rings. The standard InChI is InChI=1S/C13H9N3OS/c14-13-16-12(17)11(18-13)7-8-5-6-15-10-4-2-1-3-9(8)10/h1-7H,(H2,14,16,17). The van der Waals surface area contributed by atoms with Crippen molar-refractivity contribution in [3.8, 4) is 0 Å². The van der Waals surface area contributed by atoms with E-state index in [0.29, 0.717) is 10.1 Å². The van der Waals surface area contributed by atoms with Gasteiger partial charge >= 0.3 is 0 Å². The van der Waals surface area contributed by atoms with Gasteiger partial charge in [-0.25, -0.2) is 0 Å². The second-order valence-corrected chi connectivity index (χ2v) is 4.85. The molecule has 0 radical (unpaired) electrons. The van der Waals surface area contributed by atoms with Gasteiger partial charge in [0.15, 0.2) is 5.17 Å². The van der Waals surface area contributed by atoms with Crippen LogP contribution in [0.2, 0.25) is 0 Å². The molecule has 0 aliphatic carbocycles. The lowest BCUT2D eigenvalue weighted by atomic mass is 10.1. The van der Waals surface area contributed by atoms with Crippen LogP contribution in [-0.4, -0.2) is 16.1 Å². The zero-order valence-corrected chi connectivity index (χ0v) is 10.1. The molecule has 1 aromatic heterocycles. The zero-order chi connectivity index (χ0) is 12.5. The fourth-order valence-electron chi connectivity index (χ4n) is 1.81. The number of carbonyl (C=O) groups is 1. The summed E-state index contributed by atoms with van der Waals surface area (Å²) in [6.07, 6.45) is 3.53. The van der Waals surface area contributed by atoms with E-state index < -0.39 is 0 Å². The Morgan fingerprint density at radius 2 is 2.06 bits per heavy atom. The Morgan fingerprint density at radius 3 is 2.83 bits per heavy atom. The predicted octanol–water partition coefficient (Wildman–Crippen LogP) is 2.16. The highest BCUT2D eigenvalue weighted by Crippen LogP contribution is 2.28. The van der Waals surface area contributed by atoms with Crippen molar-refractivity contribution in [1.82, 2.24) is 4.98 Å². The molecule has 2 heterocycles. The van der Waals surface area contributed by atoms with E-state index in [1.807, 2.05) is 30.3 Å². The molecule has 0 spiro atoms.